The lowest BCUT2D eigenvalue weighted by Crippen LogP contribution is -1.92. The zero-order valence-electron chi connectivity index (χ0n) is 24.3. The van der Waals surface area contributed by atoms with E-state index in [0.29, 0.717) is 0 Å². The maximum atomic E-state index is 6.32. The molecular weight excluding hydrogens is 524 g/mol. The number of rotatable bonds is 4. The van der Waals surface area contributed by atoms with E-state index in [2.05, 4.69) is 144 Å². The van der Waals surface area contributed by atoms with Gasteiger partial charge in [-0.15, -0.1) is 0 Å². The molecule has 0 amide bonds. The van der Waals surface area contributed by atoms with Crippen molar-refractivity contribution in [1.82, 2.24) is 9.13 Å². The lowest BCUT2D eigenvalue weighted by molar-refractivity contribution is 0.669. The molecule has 6 aromatic carbocycles. The molecule has 3 heteroatoms. The van der Waals surface area contributed by atoms with E-state index in [1.807, 2.05) is 0 Å². The first kappa shape index (κ1) is 24.3. The van der Waals surface area contributed by atoms with Crippen LogP contribution in [0.3, 0.4) is 0 Å². The van der Waals surface area contributed by atoms with Gasteiger partial charge in [0, 0.05) is 67.5 Å². The molecule has 3 aromatic heterocycles. The third-order valence-corrected chi connectivity index (χ3v) is 9.31. The van der Waals surface area contributed by atoms with Gasteiger partial charge in [-0.3, -0.25) is 0 Å². The van der Waals surface area contributed by atoms with Gasteiger partial charge in [-0.2, -0.15) is 0 Å². The number of furan rings is 1. The van der Waals surface area contributed by atoms with Gasteiger partial charge in [-0.1, -0.05) is 60.7 Å². The van der Waals surface area contributed by atoms with Gasteiger partial charge in [0.1, 0.15) is 11.2 Å². The second-order valence-corrected chi connectivity index (χ2v) is 11.5. The minimum Gasteiger partial charge on any atom is -0.456 e. The summed E-state index contributed by atoms with van der Waals surface area (Å²) in [7, 11) is 0. The van der Waals surface area contributed by atoms with E-state index in [1.54, 1.807) is 0 Å². The van der Waals surface area contributed by atoms with Crippen molar-refractivity contribution in [1.29, 1.82) is 0 Å². The van der Waals surface area contributed by atoms with Crippen LogP contribution in [0.5, 0.6) is 0 Å². The van der Waals surface area contributed by atoms with E-state index < -0.39 is 0 Å². The standard InChI is InChI=1S/C40H30N2O/c1-3-41-35-11-7-5-9-29(35)31-21-25(13-17-37(31)41)27-15-19-39-33(23-27)34-24-28(16-20-40(34)43-39)26-14-18-38-32(22-26)30-10-6-8-12-36(30)42(38)4-2/h5-24H,3-4H2,1-2H3. The van der Waals surface area contributed by atoms with Crippen molar-refractivity contribution >= 4 is 65.6 Å². The number of fused-ring (bicyclic) bond motifs is 9. The van der Waals surface area contributed by atoms with Crippen molar-refractivity contribution < 1.29 is 4.42 Å². The molecular formula is C40H30N2O. The molecule has 0 bridgehead atoms. The summed E-state index contributed by atoms with van der Waals surface area (Å²) in [5, 5.41) is 7.51. The Kier molecular flexibility index (Phi) is 5.15. The molecule has 0 saturated carbocycles. The Bertz CT molecular complexity index is 2360. The number of benzene rings is 6. The molecule has 0 fully saturated rings. The third-order valence-electron chi connectivity index (χ3n) is 9.31. The van der Waals surface area contributed by atoms with Crippen LogP contribution in [0.15, 0.2) is 126 Å². The van der Waals surface area contributed by atoms with Crippen molar-refractivity contribution in [3.05, 3.63) is 121 Å². The SMILES string of the molecule is CCn1c2ccccc2c2cc(-c3ccc4oc5ccc(-c6ccc7c(c6)c6ccccc6n7CC)cc5c4c3)ccc21. The maximum absolute atomic E-state index is 6.32. The van der Waals surface area contributed by atoms with Crippen LogP contribution in [0, 0.1) is 0 Å². The lowest BCUT2D eigenvalue weighted by atomic mass is 9.98. The Morgan fingerprint density at radius 2 is 0.767 bits per heavy atom. The molecule has 0 aliphatic carbocycles. The van der Waals surface area contributed by atoms with Gasteiger partial charge in [0.2, 0.25) is 0 Å². The van der Waals surface area contributed by atoms with Gasteiger partial charge in [-0.25, -0.2) is 0 Å². The van der Waals surface area contributed by atoms with E-state index in [9.17, 15) is 0 Å². The Morgan fingerprint density at radius 3 is 1.21 bits per heavy atom. The molecule has 9 aromatic rings. The Morgan fingerprint density at radius 1 is 0.395 bits per heavy atom. The number of para-hydroxylation sites is 2. The Balaban J connectivity index is 1.19. The molecule has 3 heterocycles. The molecule has 0 aliphatic heterocycles. The first-order chi connectivity index (χ1) is 21.2. The molecule has 0 saturated heterocycles. The summed E-state index contributed by atoms with van der Waals surface area (Å²) in [5.74, 6) is 0. The van der Waals surface area contributed by atoms with E-state index in [4.69, 9.17) is 4.42 Å². The summed E-state index contributed by atoms with van der Waals surface area (Å²) < 4.78 is 11.1. The highest BCUT2D eigenvalue weighted by atomic mass is 16.3. The predicted octanol–water partition coefficient (Wildman–Crippen LogP) is 11.2. The second-order valence-electron chi connectivity index (χ2n) is 11.5. The molecule has 0 unspecified atom stereocenters. The molecule has 0 aliphatic rings. The molecule has 0 atom stereocenters. The second kappa shape index (κ2) is 9.11. The van der Waals surface area contributed by atoms with E-state index in [0.717, 1.165) is 35.0 Å². The van der Waals surface area contributed by atoms with Gasteiger partial charge < -0.3 is 13.6 Å². The summed E-state index contributed by atoms with van der Waals surface area (Å²) >= 11 is 0. The van der Waals surface area contributed by atoms with Gasteiger partial charge >= 0.3 is 0 Å². The van der Waals surface area contributed by atoms with E-state index in [-0.39, 0.29) is 0 Å². The minimum absolute atomic E-state index is 0.918. The van der Waals surface area contributed by atoms with Gasteiger partial charge in [-0.05, 0) is 96.8 Å². The number of aryl methyl sites for hydroxylation is 2. The third kappa shape index (κ3) is 3.48. The summed E-state index contributed by atoms with van der Waals surface area (Å²) in [6.07, 6.45) is 0. The minimum atomic E-state index is 0.918. The zero-order chi connectivity index (χ0) is 28.7. The van der Waals surface area contributed by atoms with Crippen LogP contribution in [-0.2, 0) is 13.1 Å². The molecule has 0 spiro atoms. The molecule has 9 rings (SSSR count). The lowest BCUT2D eigenvalue weighted by Gasteiger charge is -2.06. The van der Waals surface area contributed by atoms with Crippen LogP contribution < -0.4 is 0 Å². The van der Waals surface area contributed by atoms with Crippen LogP contribution in [0.2, 0.25) is 0 Å². The first-order valence-electron chi connectivity index (χ1n) is 15.2. The summed E-state index contributed by atoms with van der Waals surface area (Å²) in [6.45, 7) is 6.33. The Hall–Kier alpha value is -5.28. The van der Waals surface area contributed by atoms with Gasteiger partial charge in [0.15, 0.2) is 0 Å². The van der Waals surface area contributed by atoms with Crippen molar-refractivity contribution in [2.45, 2.75) is 26.9 Å². The fraction of sp³-hybridized carbons (Fsp3) is 0.100. The molecule has 3 nitrogen and oxygen atoms in total. The maximum Gasteiger partial charge on any atom is 0.135 e. The van der Waals surface area contributed by atoms with Crippen LogP contribution in [0.1, 0.15) is 13.8 Å². The molecule has 0 radical (unpaired) electrons. The quantitative estimate of drug-likeness (QED) is 0.212. The summed E-state index contributed by atoms with van der Waals surface area (Å²) in [4.78, 5) is 0. The normalized spacial score (nSPS) is 12.1. The van der Waals surface area contributed by atoms with Crippen molar-refractivity contribution in [2.75, 3.05) is 0 Å². The monoisotopic (exact) mass is 554 g/mol. The topological polar surface area (TPSA) is 23.0 Å². The average molecular weight is 555 g/mol. The van der Waals surface area contributed by atoms with E-state index in [1.165, 1.54) is 65.9 Å². The smallest absolute Gasteiger partial charge is 0.135 e. The van der Waals surface area contributed by atoms with Crippen molar-refractivity contribution in [2.24, 2.45) is 0 Å². The fourth-order valence-electron chi connectivity index (χ4n) is 7.28. The van der Waals surface area contributed by atoms with Gasteiger partial charge in [0.25, 0.3) is 0 Å². The summed E-state index contributed by atoms with van der Waals surface area (Å²) in [6, 6.07) is 44.4. The molecule has 0 N–H and O–H groups in total. The fourth-order valence-corrected chi connectivity index (χ4v) is 7.28. The van der Waals surface area contributed by atoms with Gasteiger partial charge in [0.05, 0.1) is 0 Å². The van der Waals surface area contributed by atoms with Crippen LogP contribution >= 0.6 is 0 Å². The highest BCUT2D eigenvalue weighted by Crippen LogP contribution is 2.38. The number of nitrogens with zero attached hydrogens (tertiary/aromatic N) is 2. The van der Waals surface area contributed by atoms with Crippen LogP contribution in [-0.4, -0.2) is 9.13 Å². The predicted molar refractivity (Wildman–Crippen MR) is 182 cm³/mol. The van der Waals surface area contributed by atoms with Crippen LogP contribution in [0.4, 0.5) is 0 Å². The number of hydrogen-bond acceptors (Lipinski definition) is 1. The summed E-state index contributed by atoms with van der Waals surface area (Å²) in [5.41, 5.74) is 11.8. The highest BCUT2D eigenvalue weighted by Gasteiger charge is 2.15. The number of aromatic nitrogens is 2. The van der Waals surface area contributed by atoms with E-state index >= 15 is 0 Å². The number of hydrogen-bond donors (Lipinski definition) is 0. The molecule has 206 valence electrons. The average Bonchev–Trinajstić information content (AvgIpc) is 3.70. The first-order valence-corrected chi connectivity index (χ1v) is 15.2. The van der Waals surface area contributed by atoms with Crippen molar-refractivity contribution in [3.63, 3.8) is 0 Å². The highest BCUT2D eigenvalue weighted by molar-refractivity contribution is 6.12. The van der Waals surface area contributed by atoms with Crippen molar-refractivity contribution in [3.8, 4) is 22.3 Å². The Labute approximate surface area is 249 Å². The van der Waals surface area contributed by atoms with Crippen LogP contribution in [0.25, 0.3) is 87.8 Å². The molecule has 43 heavy (non-hydrogen) atoms. The largest absolute Gasteiger partial charge is 0.456 e. The zero-order valence-corrected chi connectivity index (χ0v) is 24.3.